The molecule has 0 saturated heterocycles. The number of halogens is 2. The molecule has 0 unspecified atom stereocenters. The molecule has 0 N–H and O–H groups in total. The molecule has 0 heterocycles. The van der Waals surface area contributed by atoms with Crippen LogP contribution in [-0.4, -0.2) is 13.7 Å². The third-order valence-electron chi connectivity index (χ3n) is 1.89. The summed E-state index contributed by atoms with van der Waals surface area (Å²) in [6, 6.07) is 3.84. The number of hydrogen-bond acceptors (Lipinski definition) is 2. The van der Waals surface area contributed by atoms with E-state index in [9.17, 15) is 0 Å². The molecule has 0 aliphatic rings. The minimum Gasteiger partial charge on any atom is -0.493 e. The van der Waals surface area contributed by atoms with Crippen molar-refractivity contribution < 1.29 is 9.47 Å². The van der Waals surface area contributed by atoms with Gasteiger partial charge in [-0.25, -0.2) is 0 Å². The van der Waals surface area contributed by atoms with Gasteiger partial charge in [0.1, 0.15) is 0 Å². The van der Waals surface area contributed by atoms with Gasteiger partial charge in [0.05, 0.1) is 18.2 Å². The van der Waals surface area contributed by atoms with E-state index in [1.807, 2.05) is 12.1 Å². The Morgan fingerprint density at radius 1 is 1.40 bits per heavy atom. The molecule has 0 aliphatic carbocycles. The van der Waals surface area contributed by atoms with E-state index in [0.29, 0.717) is 18.2 Å². The van der Waals surface area contributed by atoms with Crippen molar-refractivity contribution >= 4 is 27.5 Å². The predicted octanol–water partition coefficient (Wildman–Crippen LogP) is 3.99. The average Bonchev–Trinajstić information content (AvgIpc) is 2.26. The summed E-state index contributed by atoms with van der Waals surface area (Å²) in [7, 11) is 1.62. The Labute approximate surface area is 104 Å². The molecule has 0 atom stereocenters. The van der Waals surface area contributed by atoms with Crippen molar-refractivity contribution in [3.05, 3.63) is 22.2 Å². The molecule has 15 heavy (non-hydrogen) atoms. The van der Waals surface area contributed by atoms with Gasteiger partial charge in [0.15, 0.2) is 11.5 Å². The lowest BCUT2D eigenvalue weighted by atomic mass is 10.2. The molecule has 0 spiro atoms. The lowest BCUT2D eigenvalue weighted by Crippen LogP contribution is -1.99. The fourth-order valence-electron chi connectivity index (χ4n) is 1.19. The molecule has 0 aromatic heterocycles. The second-order valence-electron chi connectivity index (χ2n) is 3.09. The molecular weight excluding hydrogens is 279 g/mol. The van der Waals surface area contributed by atoms with Crippen LogP contribution < -0.4 is 9.47 Å². The van der Waals surface area contributed by atoms with Crippen molar-refractivity contribution in [3.63, 3.8) is 0 Å². The van der Waals surface area contributed by atoms with Gasteiger partial charge in [-0.05, 0) is 40.0 Å². The van der Waals surface area contributed by atoms with Crippen LogP contribution in [0.2, 0.25) is 0 Å². The summed E-state index contributed by atoms with van der Waals surface area (Å²) in [5.41, 5.74) is 1.00. The van der Waals surface area contributed by atoms with Crippen molar-refractivity contribution in [3.8, 4) is 11.5 Å². The highest BCUT2D eigenvalue weighted by Gasteiger charge is 2.10. The summed E-state index contributed by atoms with van der Waals surface area (Å²) in [6.07, 6.45) is 0.965. The summed E-state index contributed by atoms with van der Waals surface area (Å²) in [4.78, 5) is 0. The second kappa shape index (κ2) is 6.23. The molecule has 84 valence electrons. The number of methoxy groups -OCH3 is 1. The number of alkyl halides is 1. The SMILES string of the molecule is CCCOc1c(Br)cc(CCl)cc1OC. The average molecular weight is 294 g/mol. The third-order valence-corrected chi connectivity index (χ3v) is 2.79. The van der Waals surface area contributed by atoms with Crippen molar-refractivity contribution in [1.29, 1.82) is 0 Å². The fourth-order valence-corrected chi connectivity index (χ4v) is 1.95. The highest BCUT2D eigenvalue weighted by molar-refractivity contribution is 9.10. The first-order chi connectivity index (χ1) is 7.22. The quantitative estimate of drug-likeness (QED) is 0.764. The molecule has 0 aliphatic heterocycles. The summed E-state index contributed by atoms with van der Waals surface area (Å²) >= 11 is 9.21. The lowest BCUT2D eigenvalue weighted by Gasteiger charge is -2.13. The third kappa shape index (κ3) is 3.28. The molecule has 1 rings (SSSR count). The van der Waals surface area contributed by atoms with Crippen LogP contribution in [-0.2, 0) is 5.88 Å². The van der Waals surface area contributed by atoms with E-state index in [1.165, 1.54) is 0 Å². The van der Waals surface area contributed by atoms with Crippen LogP contribution >= 0.6 is 27.5 Å². The first-order valence-electron chi connectivity index (χ1n) is 4.78. The van der Waals surface area contributed by atoms with E-state index in [1.54, 1.807) is 7.11 Å². The Morgan fingerprint density at radius 2 is 2.13 bits per heavy atom. The van der Waals surface area contributed by atoms with E-state index >= 15 is 0 Å². The van der Waals surface area contributed by atoms with Gasteiger partial charge in [-0.1, -0.05) is 6.92 Å². The molecule has 1 aromatic rings. The number of hydrogen-bond donors (Lipinski definition) is 0. The molecule has 0 radical (unpaired) electrons. The first kappa shape index (κ1) is 12.7. The van der Waals surface area contributed by atoms with Crippen LogP contribution in [0.1, 0.15) is 18.9 Å². The zero-order valence-electron chi connectivity index (χ0n) is 8.85. The second-order valence-corrected chi connectivity index (χ2v) is 4.21. The predicted molar refractivity (Wildman–Crippen MR) is 66.0 cm³/mol. The summed E-state index contributed by atoms with van der Waals surface area (Å²) in [5, 5.41) is 0. The molecule has 0 saturated carbocycles. The Balaban J connectivity index is 3.01. The fraction of sp³-hybridized carbons (Fsp3) is 0.455. The smallest absolute Gasteiger partial charge is 0.175 e. The maximum Gasteiger partial charge on any atom is 0.175 e. The highest BCUT2D eigenvalue weighted by atomic mass is 79.9. The van der Waals surface area contributed by atoms with Gasteiger partial charge < -0.3 is 9.47 Å². The van der Waals surface area contributed by atoms with Gasteiger partial charge in [-0.15, -0.1) is 11.6 Å². The molecule has 4 heteroatoms. The highest BCUT2D eigenvalue weighted by Crippen LogP contribution is 2.37. The molecule has 2 nitrogen and oxygen atoms in total. The van der Waals surface area contributed by atoms with E-state index < -0.39 is 0 Å². The molecule has 0 bridgehead atoms. The first-order valence-corrected chi connectivity index (χ1v) is 6.10. The molecule has 0 amide bonds. The van der Waals surface area contributed by atoms with Crippen LogP contribution in [0, 0.1) is 0 Å². The largest absolute Gasteiger partial charge is 0.493 e. The van der Waals surface area contributed by atoms with Crippen molar-refractivity contribution in [2.24, 2.45) is 0 Å². The maximum atomic E-state index is 5.77. The van der Waals surface area contributed by atoms with Crippen LogP contribution in [0.4, 0.5) is 0 Å². The minimum atomic E-state index is 0.461. The van der Waals surface area contributed by atoms with Gasteiger partial charge in [-0.2, -0.15) is 0 Å². The normalized spacial score (nSPS) is 10.1. The van der Waals surface area contributed by atoms with Crippen molar-refractivity contribution in [2.75, 3.05) is 13.7 Å². The van der Waals surface area contributed by atoms with Gasteiger partial charge in [0, 0.05) is 5.88 Å². The molecule has 0 fully saturated rings. The number of ether oxygens (including phenoxy) is 2. The van der Waals surface area contributed by atoms with Gasteiger partial charge in [0.25, 0.3) is 0 Å². The number of benzene rings is 1. The van der Waals surface area contributed by atoms with Gasteiger partial charge >= 0.3 is 0 Å². The standard InChI is InChI=1S/C11H14BrClO2/c1-3-4-15-11-9(12)5-8(7-13)6-10(11)14-2/h5-6H,3-4,7H2,1-2H3. The minimum absolute atomic E-state index is 0.461. The molecule has 1 aromatic carbocycles. The maximum absolute atomic E-state index is 5.77. The van der Waals surface area contributed by atoms with Crippen LogP contribution in [0.5, 0.6) is 11.5 Å². The summed E-state index contributed by atoms with van der Waals surface area (Å²) in [5.74, 6) is 1.92. The Kier molecular flexibility index (Phi) is 5.26. The van der Waals surface area contributed by atoms with E-state index in [-0.39, 0.29) is 0 Å². The van der Waals surface area contributed by atoms with Gasteiger partial charge in [-0.3, -0.25) is 0 Å². The van der Waals surface area contributed by atoms with E-state index in [0.717, 1.165) is 22.2 Å². The number of rotatable bonds is 5. The van der Waals surface area contributed by atoms with E-state index in [2.05, 4.69) is 22.9 Å². The lowest BCUT2D eigenvalue weighted by molar-refractivity contribution is 0.292. The van der Waals surface area contributed by atoms with Crippen LogP contribution in [0.3, 0.4) is 0 Å². The van der Waals surface area contributed by atoms with Crippen molar-refractivity contribution in [1.82, 2.24) is 0 Å². The van der Waals surface area contributed by atoms with Crippen LogP contribution in [0.25, 0.3) is 0 Å². The zero-order chi connectivity index (χ0) is 11.3. The van der Waals surface area contributed by atoms with E-state index in [4.69, 9.17) is 21.1 Å². The van der Waals surface area contributed by atoms with Crippen molar-refractivity contribution in [2.45, 2.75) is 19.2 Å². The Morgan fingerprint density at radius 3 is 2.67 bits per heavy atom. The Hall–Kier alpha value is -0.410. The van der Waals surface area contributed by atoms with Crippen LogP contribution in [0.15, 0.2) is 16.6 Å². The molecular formula is C11H14BrClO2. The topological polar surface area (TPSA) is 18.5 Å². The van der Waals surface area contributed by atoms with Gasteiger partial charge in [0.2, 0.25) is 0 Å². The summed E-state index contributed by atoms with van der Waals surface area (Å²) in [6.45, 7) is 2.74. The zero-order valence-corrected chi connectivity index (χ0v) is 11.2. The Bertz CT molecular complexity index is 329. The summed E-state index contributed by atoms with van der Waals surface area (Å²) < 4.78 is 11.7. The monoisotopic (exact) mass is 292 g/mol.